The van der Waals surface area contributed by atoms with Gasteiger partial charge in [-0.05, 0) is 36.2 Å². The second-order valence-corrected chi connectivity index (χ2v) is 6.42. The average molecular weight is 359 g/mol. The molecule has 130 valence electrons. The van der Waals surface area contributed by atoms with Crippen molar-refractivity contribution >= 4 is 23.4 Å². The van der Waals surface area contributed by atoms with E-state index in [1.165, 1.54) is 0 Å². The number of nitrogens with one attached hydrogen (secondary N) is 1. The first kappa shape index (κ1) is 17.3. The Kier molecular flexibility index (Phi) is 5.24. The third kappa shape index (κ3) is 4.12. The fraction of sp³-hybridized carbons (Fsp3) is 0.263. The van der Waals surface area contributed by atoms with Crippen molar-refractivity contribution in [2.24, 2.45) is 0 Å². The van der Waals surface area contributed by atoms with Crippen molar-refractivity contribution in [1.29, 1.82) is 0 Å². The minimum absolute atomic E-state index is 0.0621. The van der Waals surface area contributed by atoms with E-state index in [1.807, 2.05) is 18.2 Å². The summed E-state index contributed by atoms with van der Waals surface area (Å²) >= 11 is 5.87. The number of likely N-dealkylation sites (N-methyl/N-ethyl adjacent to an activating group) is 1. The number of halogens is 1. The molecule has 3 rings (SSSR count). The van der Waals surface area contributed by atoms with Crippen LogP contribution in [0.2, 0.25) is 5.02 Å². The zero-order valence-electron chi connectivity index (χ0n) is 13.9. The summed E-state index contributed by atoms with van der Waals surface area (Å²) in [5.41, 5.74) is 1.37. The van der Waals surface area contributed by atoms with Crippen molar-refractivity contribution < 1.29 is 14.3 Å². The first-order valence-corrected chi connectivity index (χ1v) is 8.44. The monoisotopic (exact) mass is 358 g/mol. The van der Waals surface area contributed by atoms with Crippen molar-refractivity contribution in [2.45, 2.75) is 19.1 Å². The third-order valence-corrected chi connectivity index (χ3v) is 4.42. The number of carbonyl (C=O) groups is 2. The summed E-state index contributed by atoms with van der Waals surface area (Å²) in [7, 11) is 1.73. The Morgan fingerprint density at radius 1 is 1.24 bits per heavy atom. The quantitative estimate of drug-likeness (QED) is 0.894. The average Bonchev–Trinajstić information content (AvgIpc) is 2.93. The van der Waals surface area contributed by atoms with Crippen molar-refractivity contribution in [3.8, 4) is 5.75 Å². The molecule has 1 N–H and O–H groups in total. The highest BCUT2D eigenvalue weighted by Crippen LogP contribution is 2.21. The van der Waals surface area contributed by atoms with E-state index >= 15 is 0 Å². The predicted molar refractivity (Wildman–Crippen MR) is 95.7 cm³/mol. The molecular formula is C19H19ClN2O3. The second kappa shape index (κ2) is 7.57. The number of para-hydroxylation sites is 1. The Morgan fingerprint density at radius 3 is 2.64 bits per heavy atom. The van der Waals surface area contributed by atoms with Crippen molar-refractivity contribution in [3.05, 3.63) is 64.7 Å². The number of likely N-dealkylation sites (tertiary alicyclic amines) is 1. The van der Waals surface area contributed by atoms with Gasteiger partial charge in [-0.25, -0.2) is 0 Å². The maximum Gasteiger partial charge on any atom is 0.255 e. The number of benzene rings is 2. The highest BCUT2D eigenvalue weighted by atomic mass is 35.5. The summed E-state index contributed by atoms with van der Waals surface area (Å²) in [5, 5.41) is 3.46. The second-order valence-electron chi connectivity index (χ2n) is 5.99. The number of carbonyl (C=O) groups excluding carboxylic acids is 2. The molecule has 0 aromatic heterocycles. The summed E-state index contributed by atoms with van der Waals surface area (Å²) in [6.45, 7) is 0.977. The molecule has 5 nitrogen and oxygen atoms in total. The van der Waals surface area contributed by atoms with E-state index in [0.717, 1.165) is 5.56 Å². The van der Waals surface area contributed by atoms with Gasteiger partial charge in [-0.2, -0.15) is 0 Å². The number of ether oxygens (including phenoxy) is 1. The smallest absolute Gasteiger partial charge is 0.255 e. The van der Waals surface area contributed by atoms with Crippen LogP contribution in [-0.2, 0) is 11.4 Å². The van der Waals surface area contributed by atoms with Gasteiger partial charge in [0.2, 0.25) is 5.91 Å². The van der Waals surface area contributed by atoms with Crippen molar-refractivity contribution in [3.63, 3.8) is 0 Å². The molecule has 1 fully saturated rings. The van der Waals surface area contributed by atoms with Gasteiger partial charge >= 0.3 is 0 Å². The first-order chi connectivity index (χ1) is 12.0. The molecule has 2 aromatic carbocycles. The van der Waals surface area contributed by atoms with E-state index in [4.69, 9.17) is 16.3 Å². The maximum absolute atomic E-state index is 12.6. The standard InChI is InChI=1S/C19H19ClN2O3/c1-22-11-10-16(19(22)24)21-18(23)15-4-2-3-5-17(15)25-12-13-6-8-14(20)9-7-13/h2-9,16H,10-12H2,1H3,(H,21,23). The molecule has 0 radical (unpaired) electrons. The van der Waals surface area contributed by atoms with Gasteiger partial charge in [-0.3, -0.25) is 9.59 Å². The van der Waals surface area contributed by atoms with E-state index in [9.17, 15) is 9.59 Å². The van der Waals surface area contributed by atoms with Gasteiger partial charge < -0.3 is 15.0 Å². The van der Waals surface area contributed by atoms with Gasteiger partial charge in [0.25, 0.3) is 5.91 Å². The molecule has 1 unspecified atom stereocenters. The minimum atomic E-state index is -0.471. The molecule has 0 saturated carbocycles. The number of rotatable bonds is 5. The fourth-order valence-electron chi connectivity index (χ4n) is 2.71. The van der Waals surface area contributed by atoms with Crippen LogP contribution in [0.5, 0.6) is 5.75 Å². The summed E-state index contributed by atoms with van der Waals surface area (Å²) in [6, 6.07) is 13.9. The Bertz CT molecular complexity index is 776. The molecule has 0 bridgehead atoms. The van der Waals surface area contributed by atoms with Crippen LogP contribution >= 0.6 is 11.6 Å². The van der Waals surface area contributed by atoms with E-state index in [2.05, 4.69) is 5.32 Å². The third-order valence-electron chi connectivity index (χ3n) is 4.17. The number of hydrogen-bond donors (Lipinski definition) is 1. The van der Waals surface area contributed by atoms with Gasteiger partial charge in [-0.1, -0.05) is 35.9 Å². The summed E-state index contributed by atoms with van der Waals surface area (Å²) in [5.74, 6) is 0.113. The van der Waals surface area contributed by atoms with Crippen LogP contribution in [0.15, 0.2) is 48.5 Å². The normalized spacial score (nSPS) is 16.8. The minimum Gasteiger partial charge on any atom is -0.488 e. The Morgan fingerprint density at radius 2 is 1.96 bits per heavy atom. The number of nitrogens with zero attached hydrogens (tertiary/aromatic N) is 1. The van der Waals surface area contributed by atoms with E-state index in [-0.39, 0.29) is 11.8 Å². The molecule has 0 aliphatic carbocycles. The van der Waals surface area contributed by atoms with Gasteiger partial charge in [0.05, 0.1) is 5.56 Å². The molecule has 1 aliphatic heterocycles. The predicted octanol–water partition coefficient (Wildman–Crippen LogP) is 2.88. The molecule has 1 heterocycles. The molecule has 1 saturated heterocycles. The van der Waals surface area contributed by atoms with Crippen LogP contribution in [0.3, 0.4) is 0 Å². The summed E-state index contributed by atoms with van der Waals surface area (Å²) in [6.07, 6.45) is 0.620. The van der Waals surface area contributed by atoms with Crippen molar-refractivity contribution in [1.82, 2.24) is 10.2 Å². The van der Waals surface area contributed by atoms with Gasteiger partial charge in [-0.15, -0.1) is 0 Å². The maximum atomic E-state index is 12.6. The van der Waals surface area contributed by atoms with E-state index < -0.39 is 6.04 Å². The molecule has 1 atom stereocenters. The van der Waals surface area contributed by atoms with E-state index in [0.29, 0.717) is 35.9 Å². The zero-order chi connectivity index (χ0) is 17.8. The van der Waals surface area contributed by atoms with Crippen LogP contribution in [0.1, 0.15) is 22.3 Å². The van der Waals surface area contributed by atoms with Crippen LogP contribution in [0, 0.1) is 0 Å². The summed E-state index contributed by atoms with van der Waals surface area (Å²) < 4.78 is 5.80. The Hall–Kier alpha value is -2.53. The Balaban J connectivity index is 1.68. The topological polar surface area (TPSA) is 58.6 Å². The summed E-state index contributed by atoms with van der Waals surface area (Å²) in [4.78, 5) is 26.1. The molecule has 25 heavy (non-hydrogen) atoms. The van der Waals surface area contributed by atoms with Gasteiger partial charge in [0.15, 0.2) is 0 Å². The fourth-order valence-corrected chi connectivity index (χ4v) is 2.84. The van der Waals surface area contributed by atoms with Gasteiger partial charge in [0, 0.05) is 18.6 Å². The largest absolute Gasteiger partial charge is 0.488 e. The lowest BCUT2D eigenvalue weighted by Gasteiger charge is -2.15. The SMILES string of the molecule is CN1CCC(NC(=O)c2ccccc2OCc2ccc(Cl)cc2)C1=O. The molecule has 2 aromatic rings. The molecule has 0 spiro atoms. The molecule has 1 aliphatic rings. The van der Waals surface area contributed by atoms with Gasteiger partial charge in [0.1, 0.15) is 18.4 Å². The lowest BCUT2D eigenvalue weighted by molar-refractivity contribution is -0.128. The van der Waals surface area contributed by atoms with E-state index in [1.54, 1.807) is 42.3 Å². The van der Waals surface area contributed by atoms with Crippen LogP contribution in [-0.4, -0.2) is 36.3 Å². The lowest BCUT2D eigenvalue weighted by atomic mass is 10.1. The molecule has 6 heteroatoms. The number of amides is 2. The Labute approximate surface area is 151 Å². The first-order valence-electron chi connectivity index (χ1n) is 8.06. The van der Waals surface area contributed by atoms with Crippen LogP contribution in [0.4, 0.5) is 0 Å². The number of hydrogen-bond acceptors (Lipinski definition) is 3. The van der Waals surface area contributed by atoms with Crippen molar-refractivity contribution in [2.75, 3.05) is 13.6 Å². The lowest BCUT2D eigenvalue weighted by Crippen LogP contribution is -2.40. The molecular weight excluding hydrogens is 340 g/mol. The highest BCUT2D eigenvalue weighted by molar-refractivity contribution is 6.30. The highest BCUT2D eigenvalue weighted by Gasteiger charge is 2.30. The molecule has 2 amide bonds. The zero-order valence-corrected chi connectivity index (χ0v) is 14.6. The van der Waals surface area contributed by atoms with Crippen LogP contribution < -0.4 is 10.1 Å². The van der Waals surface area contributed by atoms with Crippen LogP contribution in [0.25, 0.3) is 0 Å².